The summed E-state index contributed by atoms with van der Waals surface area (Å²) in [6.07, 6.45) is 1.37. The Labute approximate surface area is 117 Å². The summed E-state index contributed by atoms with van der Waals surface area (Å²) in [4.78, 5) is 8.04. The van der Waals surface area contributed by atoms with Gasteiger partial charge in [0.05, 0.1) is 21.8 Å². The number of aromatic nitrogens is 2. The van der Waals surface area contributed by atoms with Crippen LogP contribution in [0.2, 0.25) is 0 Å². The van der Waals surface area contributed by atoms with Crippen molar-refractivity contribution in [1.29, 1.82) is 0 Å². The van der Waals surface area contributed by atoms with Gasteiger partial charge in [-0.2, -0.15) is 0 Å². The van der Waals surface area contributed by atoms with E-state index in [0.717, 1.165) is 14.1 Å². The van der Waals surface area contributed by atoms with E-state index in [4.69, 9.17) is 4.74 Å². The highest BCUT2D eigenvalue weighted by Crippen LogP contribution is 2.24. The fraction of sp³-hybridized carbons (Fsp3) is 0.273. The Hall–Kier alpha value is -0.730. The summed E-state index contributed by atoms with van der Waals surface area (Å²) < 4.78 is 6.18. The Morgan fingerprint density at radius 1 is 1.47 bits per heavy atom. The maximum atomic E-state index is 10.1. The number of methoxy groups -OCH3 is 1. The number of thiophene rings is 1. The van der Waals surface area contributed by atoms with E-state index in [1.54, 1.807) is 24.5 Å². The quantitative estimate of drug-likeness (QED) is 0.849. The molecule has 0 amide bonds. The molecule has 0 saturated heterocycles. The summed E-state index contributed by atoms with van der Waals surface area (Å²) in [6, 6.07) is 3.72. The summed E-state index contributed by atoms with van der Waals surface area (Å²) in [7, 11) is 1.56. The molecule has 2 aromatic heterocycles. The molecule has 0 aliphatic heterocycles. The first-order valence-corrected chi connectivity index (χ1v) is 6.92. The highest BCUT2D eigenvalue weighted by atomic mass is 127. The van der Waals surface area contributed by atoms with Crippen LogP contribution in [0.3, 0.4) is 0 Å². The van der Waals surface area contributed by atoms with Gasteiger partial charge in [-0.15, -0.1) is 11.3 Å². The zero-order valence-electron chi connectivity index (χ0n) is 9.13. The monoisotopic (exact) mass is 362 g/mol. The summed E-state index contributed by atoms with van der Waals surface area (Å²) in [5.74, 6) is 0.516. The SMILES string of the molecule is COc1cc(CC(O)c2csc(I)c2)ncn1. The number of halogens is 1. The molecule has 1 atom stereocenters. The predicted molar refractivity (Wildman–Crippen MR) is 74.3 cm³/mol. The molecular formula is C11H11IN2O2S. The van der Waals surface area contributed by atoms with E-state index in [2.05, 4.69) is 32.6 Å². The second kappa shape index (κ2) is 5.74. The van der Waals surface area contributed by atoms with Gasteiger partial charge in [-0.1, -0.05) is 0 Å². The minimum atomic E-state index is -0.533. The molecular weight excluding hydrogens is 351 g/mol. The molecule has 2 aromatic rings. The molecule has 4 nitrogen and oxygen atoms in total. The van der Waals surface area contributed by atoms with E-state index in [1.165, 1.54) is 6.33 Å². The molecule has 0 aliphatic carbocycles. The van der Waals surface area contributed by atoms with Crippen LogP contribution in [0.1, 0.15) is 17.4 Å². The molecule has 0 aromatic carbocycles. The van der Waals surface area contributed by atoms with Crippen molar-refractivity contribution in [3.63, 3.8) is 0 Å². The van der Waals surface area contributed by atoms with Crippen molar-refractivity contribution in [2.75, 3.05) is 7.11 Å². The van der Waals surface area contributed by atoms with E-state index in [0.29, 0.717) is 12.3 Å². The Morgan fingerprint density at radius 2 is 2.29 bits per heavy atom. The summed E-state index contributed by atoms with van der Waals surface area (Å²) >= 11 is 3.86. The molecule has 6 heteroatoms. The normalized spacial score (nSPS) is 12.4. The van der Waals surface area contributed by atoms with Crippen molar-refractivity contribution in [3.8, 4) is 5.88 Å². The van der Waals surface area contributed by atoms with Crippen LogP contribution in [-0.2, 0) is 6.42 Å². The lowest BCUT2D eigenvalue weighted by atomic mass is 10.1. The largest absolute Gasteiger partial charge is 0.481 e. The fourth-order valence-corrected chi connectivity index (χ4v) is 2.83. The Morgan fingerprint density at radius 3 is 2.94 bits per heavy atom. The minimum Gasteiger partial charge on any atom is -0.481 e. The molecule has 0 aliphatic rings. The molecule has 1 unspecified atom stereocenters. The van der Waals surface area contributed by atoms with Gasteiger partial charge in [-0.25, -0.2) is 9.97 Å². The maximum absolute atomic E-state index is 10.1. The lowest BCUT2D eigenvalue weighted by molar-refractivity contribution is 0.177. The third kappa shape index (κ3) is 3.36. The van der Waals surface area contributed by atoms with E-state index >= 15 is 0 Å². The summed E-state index contributed by atoms with van der Waals surface area (Å²) in [6.45, 7) is 0. The third-order valence-electron chi connectivity index (χ3n) is 2.28. The summed E-state index contributed by atoms with van der Waals surface area (Å²) in [5.41, 5.74) is 1.70. The van der Waals surface area contributed by atoms with E-state index in [9.17, 15) is 5.11 Å². The summed E-state index contributed by atoms with van der Waals surface area (Å²) in [5, 5.41) is 12.0. The third-order valence-corrected chi connectivity index (χ3v) is 4.09. The lowest BCUT2D eigenvalue weighted by Crippen LogP contribution is -2.03. The second-order valence-corrected chi connectivity index (χ2v) is 6.26. The number of hydrogen-bond donors (Lipinski definition) is 1. The van der Waals surface area contributed by atoms with Crippen LogP contribution in [0.5, 0.6) is 5.88 Å². The number of ether oxygens (including phenoxy) is 1. The Kier molecular flexibility index (Phi) is 4.30. The van der Waals surface area contributed by atoms with Gasteiger partial charge in [0.1, 0.15) is 6.33 Å². The minimum absolute atomic E-state index is 0.464. The van der Waals surface area contributed by atoms with Crippen LogP contribution in [0.15, 0.2) is 23.8 Å². The first-order valence-electron chi connectivity index (χ1n) is 4.96. The number of aliphatic hydroxyl groups excluding tert-OH is 1. The number of rotatable bonds is 4. The second-order valence-electron chi connectivity index (χ2n) is 3.46. The van der Waals surface area contributed by atoms with Crippen LogP contribution >= 0.6 is 33.9 Å². The van der Waals surface area contributed by atoms with Gasteiger partial charge in [0.2, 0.25) is 5.88 Å². The molecule has 0 bridgehead atoms. The van der Waals surface area contributed by atoms with E-state index in [1.807, 2.05) is 11.4 Å². The van der Waals surface area contributed by atoms with Crippen molar-refractivity contribution in [3.05, 3.63) is 38.0 Å². The van der Waals surface area contributed by atoms with Crippen LogP contribution < -0.4 is 4.74 Å². The van der Waals surface area contributed by atoms with Gasteiger partial charge >= 0.3 is 0 Å². The molecule has 2 rings (SSSR count). The van der Waals surface area contributed by atoms with Gasteiger partial charge in [-0.3, -0.25) is 0 Å². The highest BCUT2D eigenvalue weighted by Gasteiger charge is 2.12. The lowest BCUT2D eigenvalue weighted by Gasteiger charge is -2.08. The number of hydrogen-bond acceptors (Lipinski definition) is 5. The molecule has 0 radical (unpaired) electrons. The molecule has 90 valence electrons. The first-order chi connectivity index (χ1) is 8.19. The standard InChI is InChI=1S/C11H11IN2O2S/c1-16-11-4-8(13-6-14-11)3-9(15)7-2-10(12)17-5-7/h2,4-6,9,15H,3H2,1H3. The number of nitrogens with zero attached hydrogens (tertiary/aromatic N) is 2. The smallest absolute Gasteiger partial charge is 0.216 e. The average molecular weight is 362 g/mol. The van der Waals surface area contributed by atoms with E-state index < -0.39 is 6.10 Å². The van der Waals surface area contributed by atoms with Crippen molar-refractivity contribution in [2.45, 2.75) is 12.5 Å². The van der Waals surface area contributed by atoms with Crippen LogP contribution in [0.4, 0.5) is 0 Å². The topological polar surface area (TPSA) is 55.2 Å². The van der Waals surface area contributed by atoms with Crippen molar-refractivity contribution in [1.82, 2.24) is 9.97 Å². The molecule has 17 heavy (non-hydrogen) atoms. The molecule has 0 spiro atoms. The van der Waals surface area contributed by atoms with Gasteiger partial charge < -0.3 is 9.84 Å². The predicted octanol–water partition coefficient (Wildman–Crippen LogP) is 2.43. The number of aliphatic hydroxyl groups is 1. The Balaban J connectivity index is 2.09. The zero-order valence-corrected chi connectivity index (χ0v) is 12.1. The van der Waals surface area contributed by atoms with Gasteiger partial charge in [0.15, 0.2) is 0 Å². The van der Waals surface area contributed by atoms with Crippen LogP contribution in [0, 0.1) is 2.88 Å². The van der Waals surface area contributed by atoms with Crippen molar-refractivity contribution >= 4 is 33.9 Å². The van der Waals surface area contributed by atoms with Crippen LogP contribution in [-0.4, -0.2) is 22.2 Å². The van der Waals surface area contributed by atoms with Gasteiger partial charge in [0, 0.05) is 12.5 Å². The first kappa shape index (κ1) is 12.7. The van der Waals surface area contributed by atoms with Gasteiger partial charge in [-0.05, 0) is 39.6 Å². The molecule has 1 N–H and O–H groups in total. The highest BCUT2D eigenvalue weighted by molar-refractivity contribution is 14.1. The maximum Gasteiger partial charge on any atom is 0.216 e. The van der Waals surface area contributed by atoms with Crippen molar-refractivity contribution in [2.24, 2.45) is 0 Å². The average Bonchev–Trinajstić information content (AvgIpc) is 2.76. The Bertz CT molecular complexity index is 504. The van der Waals surface area contributed by atoms with Crippen LogP contribution in [0.25, 0.3) is 0 Å². The van der Waals surface area contributed by atoms with Crippen molar-refractivity contribution < 1.29 is 9.84 Å². The zero-order chi connectivity index (χ0) is 12.3. The van der Waals surface area contributed by atoms with E-state index in [-0.39, 0.29) is 0 Å². The molecule has 0 fully saturated rings. The molecule has 0 saturated carbocycles. The van der Waals surface area contributed by atoms with Gasteiger partial charge in [0.25, 0.3) is 0 Å². The molecule has 2 heterocycles. The fourth-order valence-electron chi connectivity index (χ4n) is 1.41.